The van der Waals surface area contributed by atoms with Gasteiger partial charge in [-0.1, -0.05) is 15.9 Å². The van der Waals surface area contributed by atoms with Crippen LogP contribution < -0.4 is 10.6 Å². The van der Waals surface area contributed by atoms with Gasteiger partial charge in [-0.2, -0.15) is 0 Å². The predicted octanol–water partition coefficient (Wildman–Crippen LogP) is 2.42. The highest BCUT2D eigenvalue weighted by atomic mass is 79.9. The molecule has 0 aliphatic heterocycles. The molecule has 1 atom stereocenters. The van der Waals surface area contributed by atoms with Crippen LogP contribution in [0.1, 0.15) is 12.0 Å². The summed E-state index contributed by atoms with van der Waals surface area (Å²) >= 11 is 3.21. The van der Waals surface area contributed by atoms with Gasteiger partial charge in [-0.3, -0.25) is 0 Å². The van der Waals surface area contributed by atoms with Crippen LogP contribution >= 0.6 is 15.9 Å². The minimum Gasteiger partial charge on any atom is -0.391 e. The number of urea groups is 1. The Hall–Kier alpha value is -1.18. The number of carbonyl (C=O) groups excluding carboxylic acids is 1. The van der Waals surface area contributed by atoms with Crippen LogP contribution in [0.25, 0.3) is 0 Å². The second-order valence-corrected chi connectivity index (χ2v) is 5.17. The van der Waals surface area contributed by atoms with Gasteiger partial charge in [0.1, 0.15) is 0 Å². The van der Waals surface area contributed by atoms with Gasteiger partial charge in [0.2, 0.25) is 0 Å². The zero-order valence-corrected chi connectivity index (χ0v) is 13.0. The molecule has 3 N–H and O–H groups in total. The third-order valence-electron chi connectivity index (χ3n) is 2.69. The topological polar surface area (TPSA) is 70.6 Å². The lowest BCUT2D eigenvalue weighted by Gasteiger charge is -2.12. The van der Waals surface area contributed by atoms with Crippen molar-refractivity contribution in [1.29, 1.82) is 0 Å². The smallest absolute Gasteiger partial charge is 0.319 e. The lowest BCUT2D eigenvalue weighted by atomic mass is 10.2. The van der Waals surface area contributed by atoms with Crippen LogP contribution in [0.2, 0.25) is 0 Å². The quantitative estimate of drug-likeness (QED) is 0.739. The molecule has 0 saturated heterocycles. The maximum Gasteiger partial charge on any atom is 0.319 e. The Bertz CT molecular complexity index is 471. The number of rotatable bonds is 6. The fourth-order valence-electron chi connectivity index (χ4n) is 1.55. The van der Waals surface area contributed by atoms with Gasteiger partial charge in [-0.05, 0) is 25.5 Å². The van der Waals surface area contributed by atoms with Gasteiger partial charge in [-0.25, -0.2) is 9.18 Å². The SMILES string of the molecule is COC[C@@H](O)CCNC(=O)Nc1ccc(Br)c(C)c1F. The van der Waals surface area contributed by atoms with E-state index >= 15 is 0 Å². The minimum absolute atomic E-state index is 0.112. The normalized spacial score (nSPS) is 12.1. The van der Waals surface area contributed by atoms with Crippen molar-refractivity contribution in [3.63, 3.8) is 0 Å². The van der Waals surface area contributed by atoms with E-state index in [1.807, 2.05) is 0 Å². The number of anilines is 1. The van der Waals surface area contributed by atoms with Gasteiger partial charge in [0, 0.05) is 23.7 Å². The Kier molecular flexibility index (Phi) is 6.90. The van der Waals surface area contributed by atoms with Crippen molar-refractivity contribution >= 4 is 27.6 Å². The Labute approximate surface area is 125 Å². The first-order chi connectivity index (χ1) is 9.45. The summed E-state index contributed by atoms with van der Waals surface area (Å²) in [5.41, 5.74) is 0.541. The highest BCUT2D eigenvalue weighted by Crippen LogP contribution is 2.24. The van der Waals surface area contributed by atoms with Gasteiger partial charge in [0.15, 0.2) is 5.82 Å². The first-order valence-corrected chi connectivity index (χ1v) is 6.91. The van der Waals surface area contributed by atoms with E-state index in [4.69, 9.17) is 4.74 Å². The highest BCUT2D eigenvalue weighted by Gasteiger charge is 2.11. The number of ether oxygens (including phenoxy) is 1. The molecule has 2 amide bonds. The lowest BCUT2D eigenvalue weighted by Crippen LogP contribution is -2.32. The first-order valence-electron chi connectivity index (χ1n) is 6.12. The summed E-state index contributed by atoms with van der Waals surface area (Å²) in [4.78, 5) is 11.6. The van der Waals surface area contributed by atoms with Crippen molar-refractivity contribution in [2.45, 2.75) is 19.4 Å². The average Bonchev–Trinajstić information content (AvgIpc) is 2.40. The molecule has 0 spiro atoms. The molecule has 0 bridgehead atoms. The standard InChI is InChI=1S/C13H18BrFN2O3/c1-8-10(14)3-4-11(12(8)15)17-13(19)16-6-5-9(18)7-20-2/h3-4,9,18H,5-7H2,1-2H3,(H2,16,17,19)/t9-/m0/s1. The molecule has 0 radical (unpaired) electrons. The third kappa shape index (κ3) is 5.07. The van der Waals surface area contributed by atoms with Crippen LogP contribution in [-0.2, 0) is 4.74 Å². The number of benzene rings is 1. The van der Waals surface area contributed by atoms with Gasteiger partial charge < -0.3 is 20.5 Å². The molecule has 0 saturated carbocycles. The van der Waals surface area contributed by atoms with E-state index in [0.717, 1.165) is 0 Å². The molecule has 112 valence electrons. The highest BCUT2D eigenvalue weighted by molar-refractivity contribution is 9.10. The molecular weight excluding hydrogens is 331 g/mol. The molecule has 0 aromatic heterocycles. The Morgan fingerprint density at radius 3 is 2.90 bits per heavy atom. The van der Waals surface area contributed by atoms with E-state index in [1.54, 1.807) is 13.0 Å². The molecule has 1 rings (SSSR count). The second-order valence-electron chi connectivity index (χ2n) is 4.31. The van der Waals surface area contributed by atoms with E-state index in [-0.39, 0.29) is 18.8 Å². The Morgan fingerprint density at radius 2 is 2.25 bits per heavy atom. The van der Waals surface area contributed by atoms with E-state index in [0.29, 0.717) is 16.5 Å². The number of hydrogen-bond donors (Lipinski definition) is 3. The average molecular weight is 349 g/mol. The van der Waals surface area contributed by atoms with E-state index in [2.05, 4.69) is 26.6 Å². The van der Waals surface area contributed by atoms with Crippen molar-refractivity contribution < 1.29 is 19.0 Å². The molecule has 5 nitrogen and oxygen atoms in total. The molecule has 0 unspecified atom stereocenters. The Balaban J connectivity index is 2.45. The first kappa shape index (κ1) is 16.9. The number of nitrogens with one attached hydrogen (secondary N) is 2. The molecular formula is C13H18BrFN2O3. The van der Waals surface area contributed by atoms with E-state index < -0.39 is 18.0 Å². The number of methoxy groups -OCH3 is 1. The molecule has 0 aliphatic carbocycles. The summed E-state index contributed by atoms with van der Waals surface area (Å²) < 4.78 is 19.3. The summed E-state index contributed by atoms with van der Waals surface area (Å²) in [6, 6.07) is 2.62. The number of hydrogen-bond acceptors (Lipinski definition) is 3. The van der Waals surface area contributed by atoms with Crippen molar-refractivity contribution in [1.82, 2.24) is 5.32 Å². The number of aliphatic hydroxyl groups is 1. The summed E-state index contributed by atoms with van der Waals surface area (Å²) in [5.74, 6) is -0.478. The maximum absolute atomic E-state index is 13.8. The van der Waals surface area contributed by atoms with Crippen molar-refractivity contribution in [2.24, 2.45) is 0 Å². The Morgan fingerprint density at radius 1 is 1.55 bits per heavy atom. The van der Waals surface area contributed by atoms with Crippen LogP contribution in [0.3, 0.4) is 0 Å². The van der Waals surface area contributed by atoms with Crippen LogP contribution in [-0.4, -0.2) is 37.5 Å². The van der Waals surface area contributed by atoms with Crippen molar-refractivity contribution in [2.75, 3.05) is 25.6 Å². The molecule has 0 aliphatic rings. The van der Waals surface area contributed by atoms with Crippen LogP contribution in [0.5, 0.6) is 0 Å². The zero-order chi connectivity index (χ0) is 15.1. The third-order valence-corrected chi connectivity index (χ3v) is 3.55. The molecule has 0 fully saturated rings. The van der Waals surface area contributed by atoms with Gasteiger partial charge in [0.05, 0.1) is 18.4 Å². The minimum atomic E-state index is -0.632. The molecule has 7 heteroatoms. The molecule has 1 aromatic rings. The van der Waals surface area contributed by atoms with Crippen LogP contribution in [0.15, 0.2) is 16.6 Å². The zero-order valence-electron chi connectivity index (χ0n) is 11.4. The molecule has 1 aromatic carbocycles. The largest absolute Gasteiger partial charge is 0.391 e. The second kappa shape index (κ2) is 8.18. The maximum atomic E-state index is 13.8. The number of carbonyl (C=O) groups is 1. The fourth-order valence-corrected chi connectivity index (χ4v) is 1.86. The molecule has 0 heterocycles. The predicted molar refractivity (Wildman–Crippen MR) is 78.4 cm³/mol. The summed E-state index contributed by atoms with van der Waals surface area (Å²) in [5, 5.41) is 14.4. The van der Waals surface area contributed by atoms with Crippen molar-refractivity contribution in [3.8, 4) is 0 Å². The number of halogens is 2. The van der Waals surface area contributed by atoms with E-state index in [9.17, 15) is 14.3 Å². The number of amides is 2. The van der Waals surface area contributed by atoms with Gasteiger partial charge in [0.25, 0.3) is 0 Å². The van der Waals surface area contributed by atoms with Crippen molar-refractivity contribution in [3.05, 3.63) is 28.0 Å². The summed E-state index contributed by atoms with van der Waals surface area (Å²) in [6.07, 6.45) is -0.268. The van der Waals surface area contributed by atoms with E-state index in [1.165, 1.54) is 13.2 Å². The van der Waals surface area contributed by atoms with Gasteiger partial charge in [-0.15, -0.1) is 0 Å². The van der Waals surface area contributed by atoms with Crippen LogP contribution in [0, 0.1) is 12.7 Å². The summed E-state index contributed by atoms with van der Waals surface area (Å²) in [7, 11) is 1.49. The van der Waals surface area contributed by atoms with Crippen LogP contribution in [0.4, 0.5) is 14.9 Å². The lowest BCUT2D eigenvalue weighted by molar-refractivity contribution is 0.0599. The fraction of sp³-hybridized carbons (Fsp3) is 0.462. The number of aliphatic hydroxyl groups excluding tert-OH is 1. The van der Waals surface area contributed by atoms with Gasteiger partial charge >= 0.3 is 6.03 Å². The summed E-state index contributed by atoms with van der Waals surface area (Å²) in [6.45, 7) is 2.10. The monoisotopic (exact) mass is 348 g/mol. The molecule has 20 heavy (non-hydrogen) atoms.